The quantitative estimate of drug-likeness (QED) is 0.867. The van der Waals surface area contributed by atoms with Crippen LogP contribution < -0.4 is 15.2 Å². The molecule has 0 saturated heterocycles. The lowest BCUT2D eigenvalue weighted by Gasteiger charge is -2.14. The highest BCUT2D eigenvalue weighted by atomic mass is 79.9. The number of rotatable bonds is 6. The van der Waals surface area contributed by atoms with Gasteiger partial charge in [-0.15, -0.1) is 0 Å². The SMILES string of the molecule is COc1cccc(COc2c(Br)cccc2CC(C)N)n1. The molecule has 0 bridgehead atoms. The monoisotopic (exact) mass is 350 g/mol. The lowest BCUT2D eigenvalue weighted by molar-refractivity contribution is 0.292. The number of benzene rings is 1. The number of para-hydroxylation sites is 1. The van der Waals surface area contributed by atoms with E-state index in [2.05, 4.69) is 20.9 Å². The van der Waals surface area contributed by atoms with E-state index in [4.69, 9.17) is 15.2 Å². The Morgan fingerprint density at radius 1 is 1.24 bits per heavy atom. The van der Waals surface area contributed by atoms with Gasteiger partial charge in [-0.25, -0.2) is 4.98 Å². The summed E-state index contributed by atoms with van der Waals surface area (Å²) in [5.41, 5.74) is 7.79. The molecule has 0 amide bonds. The molecule has 0 aliphatic heterocycles. The fraction of sp³-hybridized carbons (Fsp3) is 0.312. The maximum atomic E-state index is 5.93. The Morgan fingerprint density at radius 2 is 2.00 bits per heavy atom. The van der Waals surface area contributed by atoms with Gasteiger partial charge >= 0.3 is 0 Å². The Bertz CT molecular complexity index is 603. The van der Waals surface area contributed by atoms with Crippen molar-refractivity contribution in [1.29, 1.82) is 0 Å². The minimum atomic E-state index is 0.0802. The van der Waals surface area contributed by atoms with Crippen LogP contribution in [0.15, 0.2) is 40.9 Å². The molecular formula is C16H19BrN2O2. The average Bonchev–Trinajstić information content (AvgIpc) is 2.46. The summed E-state index contributed by atoms with van der Waals surface area (Å²) < 4.78 is 12.0. The van der Waals surface area contributed by atoms with Crippen LogP contribution in [0.4, 0.5) is 0 Å². The highest BCUT2D eigenvalue weighted by molar-refractivity contribution is 9.10. The molecule has 0 spiro atoms. The molecule has 1 atom stereocenters. The van der Waals surface area contributed by atoms with Gasteiger partial charge in [-0.2, -0.15) is 0 Å². The fourth-order valence-electron chi connectivity index (χ4n) is 2.02. The smallest absolute Gasteiger partial charge is 0.213 e. The third kappa shape index (κ3) is 4.44. The Labute approximate surface area is 133 Å². The van der Waals surface area contributed by atoms with E-state index in [9.17, 15) is 0 Å². The Hall–Kier alpha value is -1.59. The predicted octanol–water partition coefficient (Wildman–Crippen LogP) is 3.32. The molecule has 0 fully saturated rings. The highest BCUT2D eigenvalue weighted by Gasteiger charge is 2.10. The van der Waals surface area contributed by atoms with Crippen LogP contribution in [0.1, 0.15) is 18.2 Å². The molecule has 2 aromatic rings. The van der Waals surface area contributed by atoms with Crippen LogP contribution in [0.3, 0.4) is 0 Å². The molecule has 4 nitrogen and oxygen atoms in total. The summed E-state index contributed by atoms with van der Waals surface area (Å²) in [6.45, 7) is 2.36. The van der Waals surface area contributed by atoms with E-state index in [1.807, 2.05) is 43.3 Å². The number of hydrogen-bond donors (Lipinski definition) is 1. The first-order chi connectivity index (χ1) is 10.1. The number of ether oxygens (including phenoxy) is 2. The van der Waals surface area contributed by atoms with Gasteiger partial charge in [0.05, 0.1) is 17.3 Å². The standard InChI is InChI=1S/C16H19BrN2O2/c1-11(18)9-12-5-3-7-14(17)16(12)21-10-13-6-4-8-15(19-13)20-2/h3-8,11H,9-10,18H2,1-2H3. The zero-order valence-corrected chi connectivity index (χ0v) is 13.8. The van der Waals surface area contributed by atoms with Crippen molar-refractivity contribution in [2.24, 2.45) is 5.73 Å². The van der Waals surface area contributed by atoms with Gasteiger partial charge in [0.25, 0.3) is 0 Å². The second kappa shape index (κ2) is 7.43. The van der Waals surface area contributed by atoms with Gasteiger partial charge in [0.15, 0.2) is 0 Å². The van der Waals surface area contributed by atoms with Gasteiger partial charge in [0.1, 0.15) is 12.4 Å². The van der Waals surface area contributed by atoms with Crippen LogP contribution in [0, 0.1) is 0 Å². The molecule has 5 heteroatoms. The number of halogens is 1. The zero-order valence-electron chi connectivity index (χ0n) is 12.2. The maximum absolute atomic E-state index is 5.93. The minimum Gasteiger partial charge on any atom is -0.486 e. The number of pyridine rings is 1. The summed E-state index contributed by atoms with van der Waals surface area (Å²) in [7, 11) is 1.60. The number of hydrogen-bond acceptors (Lipinski definition) is 4. The number of nitrogens with zero attached hydrogens (tertiary/aromatic N) is 1. The molecule has 0 aliphatic rings. The van der Waals surface area contributed by atoms with Crippen LogP contribution >= 0.6 is 15.9 Å². The molecule has 1 unspecified atom stereocenters. The van der Waals surface area contributed by atoms with Crippen LogP contribution in [0.5, 0.6) is 11.6 Å². The summed E-state index contributed by atoms with van der Waals surface area (Å²) in [4.78, 5) is 4.34. The topological polar surface area (TPSA) is 57.4 Å². The van der Waals surface area contributed by atoms with E-state index in [1.165, 1.54) is 0 Å². The highest BCUT2D eigenvalue weighted by Crippen LogP contribution is 2.30. The molecular weight excluding hydrogens is 332 g/mol. The number of nitrogens with two attached hydrogens (primary N) is 1. The number of methoxy groups -OCH3 is 1. The first kappa shape index (κ1) is 15.8. The van der Waals surface area contributed by atoms with Gasteiger partial charge in [0.2, 0.25) is 5.88 Å². The third-order valence-corrected chi connectivity index (χ3v) is 3.57. The van der Waals surface area contributed by atoms with E-state index in [1.54, 1.807) is 7.11 Å². The Kier molecular flexibility index (Phi) is 5.59. The maximum Gasteiger partial charge on any atom is 0.213 e. The molecule has 1 heterocycles. The summed E-state index contributed by atoms with van der Waals surface area (Å²) in [5.74, 6) is 1.40. The molecule has 112 valence electrons. The van der Waals surface area contributed by atoms with Crippen LogP contribution in [0.2, 0.25) is 0 Å². The van der Waals surface area contributed by atoms with E-state index < -0.39 is 0 Å². The summed E-state index contributed by atoms with van der Waals surface area (Å²) in [6, 6.07) is 11.7. The van der Waals surface area contributed by atoms with Crippen molar-refractivity contribution in [3.8, 4) is 11.6 Å². The van der Waals surface area contributed by atoms with Crippen LogP contribution in [-0.2, 0) is 13.0 Å². The molecule has 0 aliphatic carbocycles. The largest absolute Gasteiger partial charge is 0.486 e. The van der Waals surface area contributed by atoms with Crippen LogP contribution in [-0.4, -0.2) is 18.1 Å². The van der Waals surface area contributed by atoms with Crippen molar-refractivity contribution in [1.82, 2.24) is 4.98 Å². The molecule has 1 aromatic heterocycles. The van der Waals surface area contributed by atoms with Gasteiger partial charge in [0, 0.05) is 12.1 Å². The first-order valence-corrected chi connectivity index (χ1v) is 7.55. The second-order valence-corrected chi connectivity index (χ2v) is 5.72. The minimum absolute atomic E-state index is 0.0802. The molecule has 2 rings (SSSR count). The van der Waals surface area contributed by atoms with E-state index >= 15 is 0 Å². The molecule has 1 aromatic carbocycles. The average molecular weight is 351 g/mol. The molecule has 21 heavy (non-hydrogen) atoms. The van der Waals surface area contributed by atoms with Gasteiger partial charge < -0.3 is 15.2 Å². The van der Waals surface area contributed by atoms with Crippen molar-refractivity contribution in [3.05, 3.63) is 52.1 Å². The Morgan fingerprint density at radius 3 is 2.71 bits per heavy atom. The van der Waals surface area contributed by atoms with Crippen molar-refractivity contribution in [3.63, 3.8) is 0 Å². The van der Waals surface area contributed by atoms with Gasteiger partial charge in [-0.05, 0) is 47.0 Å². The molecule has 2 N–H and O–H groups in total. The normalized spacial score (nSPS) is 12.0. The van der Waals surface area contributed by atoms with Crippen molar-refractivity contribution in [2.45, 2.75) is 26.0 Å². The van der Waals surface area contributed by atoms with E-state index in [0.717, 1.165) is 27.9 Å². The third-order valence-electron chi connectivity index (χ3n) is 2.95. The Balaban J connectivity index is 2.15. The fourth-order valence-corrected chi connectivity index (χ4v) is 2.54. The van der Waals surface area contributed by atoms with Crippen LogP contribution in [0.25, 0.3) is 0 Å². The van der Waals surface area contributed by atoms with E-state index in [0.29, 0.717) is 12.5 Å². The van der Waals surface area contributed by atoms with Gasteiger partial charge in [-0.3, -0.25) is 0 Å². The molecule has 0 saturated carbocycles. The molecule has 0 radical (unpaired) electrons. The van der Waals surface area contributed by atoms with Crippen molar-refractivity contribution < 1.29 is 9.47 Å². The number of aromatic nitrogens is 1. The zero-order chi connectivity index (χ0) is 15.2. The first-order valence-electron chi connectivity index (χ1n) is 6.76. The van der Waals surface area contributed by atoms with Crippen molar-refractivity contribution >= 4 is 15.9 Å². The predicted molar refractivity (Wildman–Crippen MR) is 86.6 cm³/mol. The summed E-state index contributed by atoms with van der Waals surface area (Å²) >= 11 is 3.53. The lowest BCUT2D eigenvalue weighted by Crippen LogP contribution is -2.18. The summed E-state index contributed by atoms with van der Waals surface area (Å²) in [6.07, 6.45) is 0.764. The lowest BCUT2D eigenvalue weighted by atomic mass is 10.1. The summed E-state index contributed by atoms with van der Waals surface area (Å²) in [5, 5.41) is 0. The van der Waals surface area contributed by atoms with Gasteiger partial charge in [-0.1, -0.05) is 18.2 Å². The second-order valence-electron chi connectivity index (χ2n) is 4.87. The van der Waals surface area contributed by atoms with Crippen molar-refractivity contribution in [2.75, 3.05) is 7.11 Å². The van der Waals surface area contributed by atoms with E-state index in [-0.39, 0.29) is 6.04 Å².